The number of ketones is 1. The first kappa shape index (κ1) is 14.1. The topological polar surface area (TPSA) is 34.1 Å². The van der Waals surface area contributed by atoms with Crippen LogP contribution in [-0.2, 0) is 10.8 Å². The van der Waals surface area contributed by atoms with Crippen molar-refractivity contribution in [2.75, 3.05) is 11.5 Å². The molecule has 1 unspecified atom stereocenters. The van der Waals surface area contributed by atoms with Gasteiger partial charge in [0.1, 0.15) is 0 Å². The highest BCUT2D eigenvalue weighted by atomic mass is 32.2. The predicted octanol–water partition coefficient (Wildman–Crippen LogP) is 2.95. The van der Waals surface area contributed by atoms with E-state index in [2.05, 4.69) is 0 Å². The van der Waals surface area contributed by atoms with Crippen LogP contribution in [0.15, 0.2) is 12.1 Å². The summed E-state index contributed by atoms with van der Waals surface area (Å²) < 4.78 is 11.6. The largest absolute Gasteiger partial charge is 0.293 e. The van der Waals surface area contributed by atoms with Gasteiger partial charge in [-0.15, -0.1) is 0 Å². The first-order valence-electron chi connectivity index (χ1n) is 5.91. The van der Waals surface area contributed by atoms with Crippen LogP contribution in [0.5, 0.6) is 0 Å². The second-order valence-corrected chi connectivity index (χ2v) is 6.04. The smallest absolute Gasteiger partial charge is 0.175 e. The third kappa shape index (κ3) is 3.77. The Hall–Kier alpha value is -0.960. The molecule has 0 saturated carbocycles. The van der Waals surface area contributed by atoms with Crippen LogP contribution in [0, 0.1) is 20.8 Å². The Morgan fingerprint density at radius 2 is 1.71 bits per heavy atom. The van der Waals surface area contributed by atoms with E-state index in [0.717, 1.165) is 23.1 Å². The zero-order chi connectivity index (χ0) is 13.0. The van der Waals surface area contributed by atoms with Gasteiger partial charge in [0.05, 0.1) is 5.75 Å². The maximum atomic E-state index is 12.0. The summed E-state index contributed by atoms with van der Waals surface area (Å²) in [6, 6.07) is 3.93. The normalized spacial score (nSPS) is 12.5. The van der Waals surface area contributed by atoms with E-state index in [0.29, 0.717) is 5.75 Å². The third-order valence-corrected chi connectivity index (χ3v) is 4.31. The molecule has 0 spiro atoms. The molecule has 0 aromatic heterocycles. The summed E-state index contributed by atoms with van der Waals surface area (Å²) in [7, 11) is -1.02. The van der Waals surface area contributed by atoms with Gasteiger partial charge in [0.25, 0.3) is 0 Å². The molecule has 0 radical (unpaired) electrons. The van der Waals surface area contributed by atoms with Gasteiger partial charge in [-0.25, -0.2) is 0 Å². The molecule has 0 aliphatic carbocycles. The van der Waals surface area contributed by atoms with E-state index in [4.69, 9.17) is 0 Å². The molecule has 1 rings (SSSR count). The summed E-state index contributed by atoms with van der Waals surface area (Å²) in [5.74, 6) is 0.754. The molecule has 0 aliphatic rings. The summed E-state index contributed by atoms with van der Waals surface area (Å²) >= 11 is 0. The number of aryl methyl sites for hydroxylation is 3. The molecule has 0 bridgehead atoms. The summed E-state index contributed by atoms with van der Waals surface area (Å²) in [4.78, 5) is 12.0. The fourth-order valence-electron chi connectivity index (χ4n) is 1.78. The maximum absolute atomic E-state index is 12.0. The first-order valence-corrected chi connectivity index (χ1v) is 7.40. The molecular formula is C14H20O2S. The first-order chi connectivity index (χ1) is 7.95. The lowest BCUT2D eigenvalue weighted by molar-refractivity contribution is 0.102. The molecule has 1 atom stereocenters. The highest BCUT2D eigenvalue weighted by Gasteiger charge is 2.13. The van der Waals surface area contributed by atoms with Crippen LogP contribution in [-0.4, -0.2) is 21.5 Å². The van der Waals surface area contributed by atoms with Crippen molar-refractivity contribution < 1.29 is 9.00 Å². The van der Waals surface area contributed by atoms with E-state index in [9.17, 15) is 9.00 Å². The highest BCUT2D eigenvalue weighted by Crippen LogP contribution is 2.16. The number of rotatable bonds is 5. The van der Waals surface area contributed by atoms with E-state index in [1.807, 2.05) is 39.8 Å². The zero-order valence-corrected chi connectivity index (χ0v) is 11.8. The van der Waals surface area contributed by atoms with Crippen LogP contribution >= 0.6 is 0 Å². The van der Waals surface area contributed by atoms with Crippen molar-refractivity contribution in [2.45, 2.75) is 34.1 Å². The van der Waals surface area contributed by atoms with Gasteiger partial charge in [-0.3, -0.25) is 9.00 Å². The molecule has 3 heteroatoms. The van der Waals surface area contributed by atoms with Gasteiger partial charge in [0, 0.05) is 22.1 Å². The minimum atomic E-state index is -1.02. The van der Waals surface area contributed by atoms with E-state index in [-0.39, 0.29) is 11.5 Å². The zero-order valence-electron chi connectivity index (χ0n) is 11.0. The average molecular weight is 252 g/mol. The molecule has 17 heavy (non-hydrogen) atoms. The summed E-state index contributed by atoms with van der Waals surface area (Å²) in [5.41, 5.74) is 4.00. The van der Waals surface area contributed by atoms with Crippen molar-refractivity contribution in [3.05, 3.63) is 34.4 Å². The quantitative estimate of drug-likeness (QED) is 0.755. The number of hydrogen-bond donors (Lipinski definition) is 0. The Labute approximate surface area is 106 Å². The van der Waals surface area contributed by atoms with Crippen LogP contribution in [0.4, 0.5) is 0 Å². The second-order valence-electron chi connectivity index (χ2n) is 4.46. The Morgan fingerprint density at radius 1 is 1.12 bits per heavy atom. The molecule has 0 fully saturated rings. The minimum Gasteiger partial charge on any atom is -0.293 e. The Balaban J connectivity index is 2.89. The van der Waals surface area contributed by atoms with Gasteiger partial charge < -0.3 is 0 Å². The van der Waals surface area contributed by atoms with Crippen molar-refractivity contribution in [3.63, 3.8) is 0 Å². The van der Waals surface area contributed by atoms with Gasteiger partial charge in [0.15, 0.2) is 5.78 Å². The van der Waals surface area contributed by atoms with Gasteiger partial charge in [-0.2, -0.15) is 0 Å². The third-order valence-electron chi connectivity index (χ3n) is 2.86. The van der Waals surface area contributed by atoms with Gasteiger partial charge >= 0.3 is 0 Å². The van der Waals surface area contributed by atoms with E-state index in [1.165, 1.54) is 5.56 Å². The summed E-state index contributed by atoms with van der Waals surface area (Å²) in [5, 5.41) is 0. The molecule has 0 heterocycles. The molecule has 1 aromatic carbocycles. The predicted molar refractivity (Wildman–Crippen MR) is 73.2 cm³/mol. The molecule has 94 valence electrons. The number of carbonyl (C=O) groups is 1. The average Bonchev–Trinajstić information content (AvgIpc) is 2.23. The fourth-order valence-corrected chi connectivity index (χ4v) is 2.83. The fraction of sp³-hybridized carbons (Fsp3) is 0.500. The number of hydrogen-bond acceptors (Lipinski definition) is 2. The molecule has 1 aromatic rings. The molecule has 0 N–H and O–H groups in total. The maximum Gasteiger partial charge on any atom is 0.175 e. The second kappa shape index (κ2) is 6.10. The lowest BCUT2D eigenvalue weighted by Crippen LogP contribution is -2.14. The Morgan fingerprint density at radius 3 is 2.29 bits per heavy atom. The van der Waals surface area contributed by atoms with Crippen molar-refractivity contribution in [2.24, 2.45) is 0 Å². The molecular weight excluding hydrogens is 232 g/mol. The van der Waals surface area contributed by atoms with Crippen LogP contribution in [0.3, 0.4) is 0 Å². The molecule has 0 aliphatic heterocycles. The molecule has 0 saturated heterocycles. The van der Waals surface area contributed by atoms with Crippen LogP contribution in [0.2, 0.25) is 0 Å². The van der Waals surface area contributed by atoms with Crippen molar-refractivity contribution in [1.29, 1.82) is 0 Å². The number of Topliss-reactive ketones (excluding diaryl/α,β-unsaturated/α-hetero) is 1. The van der Waals surface area contributed by atoms with Crippen molar-refractivity contribution in [3.8, 4) is 0 Å². The van der Waals surface area contributed by atoms with Crippen LogP contribution in [0.25, 0.3) is 0 Å². The van der Waals surface area contributed by atoms with Gasteiger partial charge in [0.2, 0.25) is 0 Å². The van der Waals surface area contributed by atoms with Gasteiger partial charge in [-0.05, 0) is 49.9 Å². The lowest BCUT2D eigenvalue weighted by Gasteiger charge is -2.08. The Kier molecular flexibility index (Phi) is 5.06. The van der Waals surface area contributed by atoms with Gasteiger partial charge in [-0.1, -0.05) is 13.0 Å². The summed E-state index contributed by atoms with van der Waals surface area (Å²) in [6.45, 7) is 7.94. The monoisotopic (exact) mass is 252 g/mol. The number of carbonyl (C=O) groups excluding carboxylic acids is 1. The SMILES string of the molecule is CCCS(=O)CC(=O)c1cc(C)c(C)cc1C. The van der Waals surface area contributed by atoms with Crippen molar-refractivity contribution >= 4 is 16.6 Å². The lowest BCUT2D eigenvalue weighted by atomic mass is 9.99. The van der Waals surface area contributed by atoms with Crippen molar-refractivity contribution in [1.82, 2.24) is 0 Å². The number of benzene rings is 1. The summed E-state index contributed by atoms with van der Waals surface area (Å²) in [6.07, 6.45) is 0.853. The highest BCUT2D eigenvalue weighted by molar-refractivity contribution is 7.85. The van der Waals surface area contributed by atoms with E-state index < -0.39 is 10.8 Å². The molecule has 2 nitrogen and oxygen atoms in total. The standard InChI is InChI=1S/C14H20O2S/c1-5-6-17(16)9-14(15)13-8-11(3)10(2)7-12(13)4/h7-8H,5-6,9H2,1-4H3. The Bertz CT molecular complexity index is 450. The minimum absolute atomic E-state index is 0.00242. The van der Waals surface area contributed by atoms with Crippen LogP contribution in [0.1, 0.15) is 40.4 Å². The van der Waals surface area contributed by atoms with E-state index >= 15 is 0 Å². The van der Waals surface area contributed by atoms with E-state index in [1.54, 1.807) is 0 Å². The van der Waals surface area contributed by atoms with Crippen LogP contribution < -0.4 is 0 Å². The molecule has 0 amide bonds.